The van der Waals surface area contributed by atoms with Gasteiger partial charge < -0.3 is 5.32 Å². The number of hydrogen-bond acceptors (Lipinski definition) is 1. The molecule has 0 radical (unpaired) electrons. The quantitative estimate of drug-likeness (QED) is 0.492. The van der Waals surface area contributed by atoms with Gasteiger partial charge in [-0.05, 0) is 46.9 Å². The molecule has 0 saturated carbocycles. The maximum absolute atomic E-state index is 3.14. The van der Waals surface area contributed by atoms with Gasteiger partial charge >= 0.3 is 0 Å². The molecule has 1 heteroatoms. The lowest BCUT2D eigenvalue weighted by atomic mass is 9.88. The average Bonchev–Trinajstić information content (AvgIpc) is 2.74. The van der Waals surface area contributed by atoms with Gasteiger partial charge in [-0.3, -0.25) is 0 Å². The van der Waals surface area contributed by atoms with Crippen LogP contribution in [0.5, 0.6) is 0 Å². The fraction of sp³-hybridized carbons (Fsp3) is 0.154. The van der Waals surface area contributed by atoms with Crippen molar-refractivity contribution >= 4 is 17.2 Å². The summed E-state index contributed by atoms with van der Waals surface area (Å²) in [6.07, 6.45) is 5.28. The van der Waals surface area contributed by atoms with E-state index in [4.69, 9.17) is 0 Å². The molecule has 0 spiro atoms. The molecular formula is C26H27N. The molecule has 0 aromatic heterocycles. The van der Waals surface area contributed by atoms with Crippen LogP contribution < -0.4 is 5.32 Å². The number of nitrogens with one attached hydrogen (secondary N) is 1. The second kappa shape index (κ2) is 9.70. The van der Waals surface area contributed by atoms with E-state index in [-0.39, 0.29) is 0 Å². The van der Waals surface area contributed by atoms with Crippen LogP contribution in [0.4, 0.5) is 0 Å². The van der Waals surface area contributed by atoms with Gasteiger partial charge in [0.25, 0.3) is 0 Å². The molecule has 0 saturated heterocycles. The fourth-order valence-corrected chi connectivity index (χ4v) is 3.36. The number of likely N-dealkylation sites (N-methyl/N-ethyl adjacent to an activating group) is 1. The van der Waals surface area contributed by atoms with Gasteiger partial charge in [0.05, 0.1) is 0 Å². The monoisotopic (exact) mass is 353 g/mol. The second-order valence-electron chi connectivity index (χ2n) is 6.52. The largest absolute Gasteiger partial charge is 0.316 e. The van der Waals surface area contributed by atoms with Crippen LogP contribution in [-0.4, -0.2) is 13.6 Å². The van der Waals surface area contributed by atoms with E-state index in [2.05, 4.69) is 109 Å². The Kier molecular flexibility index (Phi) is 6.78. The summed E-state index contributed by atoms with van der Waals surface area (Å²) < 4.78 is 0. The topological polar surface area (TPSA) is 12.0 Å². The molecule has 3 aromatic rings. The lowest BCUT2D eigenvalue weighted by Crippen LogP contribution is -2.03. The van der Waals surface area contributed by atoms with Crippen molar-refractivity contribution in [2.75, 3.05) is 13.6 Å². The summed E-state index contributed by atoms with van der Waals surface area (Å²) in [6.45, 7) is 3.12. The molecule has 136 valence electrons. The number of allylic oxidation sites excluding steroid dienone is 1. The molecule has 0 aliphatic rings. The standard InChI is InChI=1S/C26H27N/c1-3-25(22-12-6-4-7-13-22)26(23-14-8-5-9-15-23)24-18-16-21(17-19-24)11-10-20-27-2/h4-19,27H,3,20H2,1-2H3/b11-10+,26-25-. The molecule has 27 heavy (non-hydrogen) atoms. The predicted molar refractivity (Wildman–Crippen MR) is 118 cm³/mol. The lowest BCUT2D eigenvalue weighted by Gasteiger charge is -2.16. The van der Waals surface area contributed by atoms with E-state index in [9.17, 15) is 0 Å². The summed E-state index contributed by atoms with van der Waals surface area (Å²) in [4.78, 5) is 0. The van der Waals surface area contributed by atoms with E-state index in [1.54, 1.807) is 0 Å². The Balaban J connectivity index is 2.10. The molecule has 0 atom stereocenters. The van der Waals surface area contributed by atoms with Crippen molar-refractivity contribution in [3.05, 3.63) is 113 Å². The lowest BCUT2D eigenvalue weighted by molar-refractivity contribution is 0.922. The third kappa shape index (κ3) is 4.84. The van der Waals surface area contributed by atoms with Crippen LogP contribution in [0.25, 0.3) is 17.2 Å². The van der Waals surface area contributed by atoms with E-state index in [0.29, 0.717) is 0 Å². The van der Waals surface area contributed by atoms with E-state index >= 15 is 0 Å². The SMILES string of the molecule is CC/C(=C(\c1ccccc1)c1ccc(/C=C/CNC)cc1)c1ccccc1. The Morgan fingerprint density at radius 2 is 1.30 bits per heavy atom. The molecule has 3 rings (SSSR count). The highest BCUT2D eigenvalue weighted by atomic mass is 14.8. The van der Waals surface area contributed by atoms with Gasteiger partial charge in [-0.1, -0.05) is 104 Å². The minimum atomic E-state index is 0.880. The third-order valence-electron chi connectivity index (χ3n) is 4.67. The van der Waals surface area contributed by atoms with Crippen molar-refractivity contribution in [2.24, 2.45) is 0 Å². The van der Waals surface area contributed by atoms with Crippen molar-refractivity contribution in [3.8, 4) is 0 Å². The van der Waals surface area contributed by atoms with E-state index in [1.165, 1.54) is 33.4 Å². The van der Waals surface area contributed by atoms with Crippen molar-refractivity contribution in [3.63, 3.8) is 0 Å². The van der Waals surface area contributed by atoms with Crippen molar-refractivity contribution < 1.29 is 0 Å². The van der Waals surface area contributed by atoms with E-state index in [1.807, 2.05) is 7.05 Å². The summed E-state index contributed by atoms with van der Waals surface area (Å²) in [5.41, 5.74) is 7.72. The van der Waals surface area contributed by atoms with Crippen LogP contribution in [-0.2, 0) is 0 Å². The van der Waals surface area contributed by atoms with Crippen molar-refractivity contribution in [1.82, 2.24) is 5.32 Å². The van der Waals surface area contributed by atoms with Gasteiger partial charge in [0.2, 0.25) is 0 Å². The Morgan fingerprint density at radius 1 is 0.741 bits per heavy atom. The molecule has 3 aromatic carbocycles. The van der Waals surface area contributed by atoms with Crippen LogP contribution in [0.1, 0.15) is 35.6 Å². The predicted octanol–water partition coefficient (Wildman–Crippen LogP) is 6.29. The zero-order valence-electron chi connectivity index (χ0n) is 16.2. The molecule has 0 unspecified atom stereocenters. The summed E-state index contributed by atoms with van der Waals surface area (Å²) in [5, 5.41) is 3.14. The maximum atomic E-state index is 3.14. The zero-order valence-corrected chi connectivity index (χ0v) is 16.2. The van der Waals surface area contributed by atoms with E-state index < -0.39 is 0 Å². The molecule has 0 heterocycles. The first-order valence-electron chi connectivity index (χ1n) is 9.59. The Morgan fingerprint density at radius 3 is 1.85 bits per heavy atom. The molecule has 0 bridgehead atoms. The number of benzene rings is 3. The summed E-state index contributed by atoms with van der Waals surface area (Å²) >= 11 is 0. The number of rotatable bonds is 7. The van der Waals surface area contributed by atoms with Crippen molar-refractivity contribution in [1.29, 1.82) is 0 Å². The van der Waals surface area contributed by atoms with Gasteiger partial charge in [-0.15, -0.1) is 0 Å². The van der Waals surface area contributed by atoms with Crippen LogP contribution in [0.2, 0.25) is 0 Å². The Bertz CT molecular complexity index is 888. The van der Waals surface area contributed by atoms with Crippen LogP contribution in [0.15, 0.2) is 91.0 Å². The molecule has 0 fully saturated rings. The average molecular weight is 354 g/mol. The van der Waals surface area contributed by atoms with Gasteiger partial charge in [0.15, 0.2) is 0 Å². The molecule has 1 N–H and O–H groups in total. The number of hydrogen-bond donors (Lipinski definition) is 1. The fourth-order valence-electron chi connectivity index (χ4n) is 3.36. The highest BCUT2D eigenvalue weighted by molar-refractivity contribution is 5.98. The smallest absolute Gasteiger partial charge is 0.0135 e. The first-order chi connectivity index (χ1) is 13.3. The normalized spacial score (nSPS) is 12.2. The van der Waals surface area contributed by atoms with Crippen molar-refractivity contribution in [2.45, 2.75) is 13.3 Å². The Labute approximate surface area is 163 Å². The summed E-state index contributed by atoms with van der Waals surface area (Å²) in [6, 6.07) is 30.3. The highest BCUT2D eigenvalue weighted by Crippen LogP contribution is 2.34. The third-order valence-corrected chi connectivity index (χ3v) is 4.67. The van der Waals surface area contributed by atoms with Gasteiger partial charge in [-0.25, -0.2) is 0 Å². The highest BCUT2D eigenvalue weighted by Gasteiger charge is 2.12. The maximum Gasteiger partial charge on any atom is 0.0135 e. The van der Waals surface area contributed by atoms with Gasteiger partial charge in [-0.2, -0.15) is 0 Å². The summed E-state index contributed by atoms with van der Waals surface area (Å²) in [5.74, 6) is 0. The molecule has 1 nitrogen and oxygen atoms in total. The molecular weight excluding hydrogens is 326 g/mol. The first kappa shape index (κ1) is 18.9. The molecule has 0 amide bonds. The minimum Gasteiger partial charge on any atom is -0.316 e. The minimum absolute atomic E-state index is 0.880. The van der Waals surface area contributed by atoms with Crippen LogP contribution in [0.3, 0.4) is 0 Å². The first-order valence-corrected chi connectivity index (χ1v) is 9.59. The van der Waals surface area contributed by atoms with Crippen LogP contribution in [0, 0.1) is 0 Å². The van der Waals surface area contributed by atoms with Gasteiger partial charge in [0.1, 0.15) is 0 Å². The molecule has 0 aliphatic carbocycles. The second-order valence-corrected chi connectivity index (χ2v) is 6.52. The van der Waals surface area contributed by atoms with Gasteiger partial charge in [0, 0.05) is 6.54 Å². The zero-order chi connectivity index (χ0) is 18.9. The molecule has 0 aliphatic heterocycles. The Hall–Kier alpha value is -2.90. The van der Waals surface area contributed by atoms with Crippen LogP contribution >= 0.6 is 0 Å². The van der Waals surface area contributed by atoms with E-state index in [0.717, 1.165) is 13.0 Å². The summed E-state index contributed by atoms with van der Waals surface area (Å²) in [7, 11) is 1.96.